The van der Waals surface area contributed by atoms with Crippen molar-refractivity contribution in [1.29, 1.82) is 0 Å². The van der Waals surface area contributed by atoms with Crippen LogP contribution in [0, 0.1) is 17.0 Å². The van der Waals surface area contributed by atoms with Crippen LogP contribution in [-0.4, -0.2) is 22.9 Å². The number of rotatable bonds is 6. The van der Waals surface area contributed by atoms with Crippen molar-refractivity contribution in [3.63, 3.8) is 0 Å². The van der Waals surface area contributed by atoms with Crippen LogP contribution in [0.3, 0.4) is 0 Å². The van der Waals surface area contributed by atoms with Gasteiger partial charge in [0.2, 0.25) is 0 Å². The summed E-state index contributed by atoms with van der Waals surface area (Å²) in [4.78, 5) is 36.6. The molecule has 1 atom stereocenters. The van der Waals surface area contributed by atoms with Gasteiger partial charge in [-0.3, -0.25) is 9.59 Å². The summed E-state index contributed by atoms with van der Waals surface area (Å²) in [5, 5.41) is 14.4. The number of carbonyl (C=O) groups is 3. The fourth-order valence-electron chi connectivity index (χ4n) is 4.51. The van der Waals surface area contributed by atoms with E-state index < -0.39 is 29.0 Å². The molecule has 4 rings (SSSR count). The average Bonchev–Trinajstić information content (AvgIpc) is 2.83. The van der Waals surface area contributed by atoms with E-state index in [4.69, 9.17) is 0 Å². The Morgan fingerprint density at radius 3 is 2.23 bits per heavy atom. The van der Waals surface area contributed by atoms with E-state index in [2.05, 4.69) is 10.6 Å². The molecule has 3 aromatic rings. The number of aryl methyl sites for hydroxylation is 1. The van der Waals surface area contributed by atoms with E-state index in [-0.39, 0.29) is 17.9 Å². The number of nitrogens with one attached hydrogen (secondary N) is 2. The number of carboxylic acid groups (broad SMARTS) is 1. The van der Waals surface area contributed by atoms with E-state index in [0.717, 1.165) is 28.8 Å². The van der Waals surface area contributed by atoms with Crippen LogP contribution in [0.15, 0.2) is 60.7 Å². The van der Waals surface area contributed by atoms with Crippen molar-refractivity contribution in [2.75, 3.05) is 10.6 Å². The van der Waals surface area contributed by atoms with Gasteiger partial charge in [-0.25, -0.2) is 13.6 Å². The molecular weight excluding hydrogens is 454 g/mol. The highest BCUT2D eigenvalue weighted by Gasteiger charge is 2.42. The number of anilines is 2. The van der Waals surface area contributed by atoms with Gasteiger partial charge in [0.15, 0.2) is 17.4 Å². The van der Waals surface area contributed by atoms with Crippen molar-refractivity contribution in [2.45, 2.75) is 32.6 Å². The van der Waals surface area contributed by atoms with Crippen LogP contribution in [0.5, 0.6) is 0 Å². The molecule has 1 aliphatic carbocycles. The number of halogens is 2. The molecule has 1 unspecified atom stereocenters. The van der Waals surface area contributed by atoms with E-state index in [9.17, 15) is 28.3 Å². The number of Topliss-reactive ketones (excluding diaryl/α,β-unsaturated/α-hetero) is 1. The Morgan fingerprint density at radius 1 is 0.914 bits per heavy atom. The van der Waals surface area contributed by atoms with Crippen molar-refractivity contribution in [3.8, 4) is 11.1 Å². The first kappa shape index (κ1) is 24.1. The van der Waals surface area contributed by atoms with Gasteiger partial charge >= 0.3 is 12.0 Å². The Morgan fingerprint density at radius 2 is 1.57 bits per heavy atom. The summed E-state index contributed by atoms with van der Waals surface area (Å²) in [6, 6.07) is 15.1. The molecule has 0 saturated carbocycles. The van der Waals surface area contributed by atoms with Crippen molar-refractivity contribution in [2.24, 2.45) is 5.41 Å². The smallest absolute Gasteiger partial charge is 0.323 e. The molecule has 1 aliphatic rings. The van der Waals surface area contributed by atoms with Crippen molar-refractivity contribution in [3.05, 3.63) is 83.4 Å². The summed E-state index contributed by atoms with van der Waals surface area (Å²) in [5.74, 6) is -3.13. The maximum Gasteiger partial charge on any atom is 0.323 e. The number of urea groups is 1. The fraction of sp³-hybridized carbons (Fsp3) is 0.222. The van der Waals surface area contributed by atoms with Crippen LogP contribution < -0.4 is 10.6 Å². The lowest BCUT2D eigenvalue weighted by Gasteiger charge is -2.35. The number of benzene rings is 3. The van der Waals surface area contributed by atoms with Crippen molar-refractivity contribution < 1.29 is 28.3 Å². The number of fused-ring (bicyclic) bond motifs is 1. The minimum atomic E-state index is -1.05. The lowest BCUT2D eigenvalue weighted by Crippen LogP contribution is -2.37. The first-order valence-corrected chi connectivity index (χ1v) is 11.2. The molecule has 0 spiro atoms. The molecule has 0 bridgehead atoms. The second kappa shape index (κ2) is 9.66. The largest absolute Gasteiger partial charge is 0.481 e. The van der Waals surface area contributed by atoms with E-state index in [1.165, 1.54) is 6.07 Å². The summed E-state index contributed by atoms with van der Waals surface area (Å²) in [6.07, 6.45) is 1.44. The zero-order valence-electron chi connectivity index (χ0n) is 19.0. The summed E-state index contributed by atoms with van der Waals surface area (Å²) < 4.78 is 26.3. The van der Waals surface area contributed by atoms with Crippen LogP contribution in [-0.2, 0) is 11.2 Å². The molecule has 35 heavy (non-hydrogen) atoms. The molecule has 0 radical (unpaired) electrons. The Labute approximate surface area is 201 Å². The monoisotopic (exact) mass is 478 g/mol. The van der Waals surface area contributed by atoms with Crippen molar-refractivity contribution >= 4 is 29.2 Å². The standard InChI is InChI=1S/C27H24F2N2O4/c1-2-27(15-24(32)33)12-11-18-13-17(5-9-21(18)25(27)34)16-3-6-19(7-4-16)30-26(35)31-20-8-10-22(28)23(29)14-20/h3-10,13-14H,2,11-12,15H2,1H3,(H,32,33)(H2,30,31,35). The minimum Gasteiger partial charge on any atom is -0.481 e. The minimum absolute atomic E-state index is 0.109. The Balaban J connectivity index is 1.46. The number of amides is 2. The van der Waals surface area contributed by atoms with Gasteiger partial charge in [0.25, 0.3) is 0 Å². The molecule has 2 amide bonds. The third-order valence-corrected chi connectivity index (χ3v) is 6.52. The number of hydrogen-bond acceptors (Lipinski definition) is 3. The van der Waals surface area contributed by atoms with E-state index in [1.54, 1.807) is 18.2 Å². The first-order valence-electron chi connectivity index (χ1n) is 11.2. The molecule has 3 aromatic carbocycles. The number of carboxylic acids is 1. The van der Waals surface area contributed by atoms with E-state index in [0.29, 0.717) is 30.5 Å². The molecular formula is C27H24F2N2O4. The quantitative estimate of drug-likeness (QED) is 0.389. The summed E-state index contributed by atoms with van der Waals surface area (Å²) in [5.41, 5.74) is 3.03. The number of ketones is 1. The summed E-state index contributed by atoms with van der Waals surface area (Å²) in [6.45, 7) is 1.86. The van der Waals surface area contributed by atoms with Gasteiger partial charge in [-0.05, 0) is 60.2 Å². The fourth-order valence-corrected chi connectivity index (χ4v) is 4.51. The zero-order valence-corrected chi connectivity index (χ0v) is 19.0. The van der Waals surface area contributed by atoms with Crippen LogP contribution in [0.1, 0.15) is 42.1 Å². The predicted molar refractivity (Wildman–Crippen MR) is 129 cm³/mol. The Bertz CT molecular complexity index is 1310. The van der Waals surface area contributed by atoms with E-state index >= 15 is 0 Å². The van der Waals surface area contributed by atoms with Crippen LogP contribution in [0.25, 0.3) is 11.1 Å². The van der Waals surface area contributed by atoms with Gasteiger partial charge < -0.3 is 15.7 Å². The molecule has 0 fully saturated rings. The van der Waals surface area contributed by atoms with Gasteiger partial charge in [-0.15, -0.1) is 0 Å². The second-order valence-corrected chi connectivity index (χ2v) is 8.69. The number of carbonyl (C=O) groups excluding carboxylic acids is 2. The highest BCUT2D eigenvalue weighted by molar-refractivity contribution is 6.04. The van der Waals surface area contributed by atoms with Crippen LogP contribution in [0.2, 0.25) is 0 Å². The highest BCUT2D eigenvalue weighted by Crippen LogP contribution is 2.42. The zero-order chi connectivity index (χ0) is 25.2. The van der Waals surface area contributed by atoms with Crippen LogP contribution in [0.4, 0.5) is 25.0 Å². The second-order valence-electron chi connectivity index (χ2n) is 8.69. The SMILES string of the molecule is CCC1(CC(=O)O)CCc2cc(-c3ccc(NC(=O)Nc4ccc(F)c(F)c4)cc3)ccc2C1=O. The van der Waals surface area contributed by atoms with Gasteiger partial charge in [0, 0.05) is 28.4 Å². The molecule has 3 N–H and O–H groups in total. The third-order valence-electron chi connectivity index (χ3n) is 6.52. The molecule has 0 heterocycles. The molecule has 180 valence electrons. The average molecular weight is 478 g/mol. The number of hydrogen-bond donors (Lipinski definition) is 3. The Kier molecular flexibility index (Phi) is 6.64. The maximum absolute atomic E-state index is 13.3. The summed E-state index contributed by atoms with van der Waals surface area (Å²) in [7, 11) is 0. The normalized spacial score (nSPS) is 16.9. The highest BCUT2D eigenvalue weighted by atomic mass is 19.2. The molecule has 6 nitrogen and oxygen atoms in total. The van der Waals surface area contributed by atoms with Gasteiger partial charge in [0.1, 0.15) is 0 Å². The van der Waals surface area contributed by atoms with Crippen LogP contribution >= 0.6 is 0 Å². The number of aliphatic carboxylic acids is 1. The van der Waals surface area contributed by atoms with E-state index in [1.807, 2.05) is 31.2 Å². The lowest BCUT2D eigenvalue weighted by atomic mass is 9.67. The van der Waals surface area contributed by atoms with Gasteiger partial charge in [-0.2, -0.15) is 0 Å². The molecule has 0 saturated heterocycles. The first-order chi connectivity index (χ1) is 16.7. The lowest BCUT2D eigenvalue weighted by molar-refractivity contribution is -0.139. The van der Waals surface area contributed by atoms with Crippen molar-refractivity contribution in [1.82, 2.24) is 0 Å². The predicted octanol–water partition coefficient (Wildman–Crippen LogP) is 6.28. The Hall–Kier alpha value is -4.07. The van der Waals surface area contributed by atoms with Gasteiger partial charge in [-0.1, -0.05) is 37.3 Å². The summed E-state index contributed by atoms with van der Waals surface area (Å²) >= 11 is 0. The molecule has 0 aromatic heterocycles. The maximum atomic E-state index is 13.3. The topological polar surface area (TPSA) is 95.5 Å². The third kappa shape index (κ3) is 5.06. The molecule has 0 aliphatic heterocycles. The van der Waals surface area contributed by atoms with Gasteiger partial charge in [0.05, 0.1) is 6.42 Å². The molecule has 8 heteroatoms.